The minimum absolute atomic E-state index is 0.0812. The van der Waals surface area contributed by atoms with Crippen molar-refractivity contribution in [3.05, 3.63) is 29.8 Å². The van der Waals surface area contributed by atoms with Crippen molar-refractivity contribution >= 4 is 10.0 Å². The van der Waals surface area contributed by atoms with Gasteiger partial charge >= 0.3 is 6.18 Å². The van der Waals surface area contributed by atoms with Gasteiger partial charge in [-0.05, 0) is 88.2 Å². The van der Waals surface area contributed by atoms with Crippen molar-refractivity contribution in [3.8, 4) is 0 Å². The van der Waals surface area contributed by atoms with Crippen molar-refractivity contribution in [2.45, 2.75) is 101 Å². The van der Waals surface area contributed by atoms with Crippen molar-refractivity contribution in [2.75, 3.05) is 20.1 Å². The highest BCUT2D eigenvalue weighted by Crippen LogP contribution is 2.46. The smallest absolute Gasteiger partial charge is 0.298 e. The molecule has 0 amide bonds. The van der Waals surface area contributed by atoms with Crippen LogP contribution in [0.25, 0.3) is 0 Å². The zero-order valence-corrected chi connectivity index (χ0v) is 21.0. The Labute approximate surface area is 197 Å². The average Bonchev–Trinajstić information content (AvgIpc) is 3.57. The first-order chi connectivity index (χ1) is 15.5. The quantitative estimate of drug-likeness (QED) is 0.342. The molecule has 1 aromatic rings. The van der Waals surface area contributed by atoms with Gasteiger partial charge in [-0.1, -0.05) is 33.1 Å². The molecule has 2 fully saturated rings. The Bertz CT molecular complexity index is 855. The summed E-state index contributed by atoms with van der Waals surface area (Å²) in [4.78, 5) is 2.54. The van der Waals surface area contributed by atoms with Crippen molar-refractivity contribution < 1.29 is 21.6 Å². The van der Waals surface area contributed by atoms with Crippen LogP contribution in [0, 0.1) is 5.92 Å². The molecule has 0 radical (unpaired) electrons. The highest BCUT2D eigenvalue weighted by molar-refractivity contribution is 7.89. The molecule has 0 heterocycles. The monoisotopic (exact) mass is 488 g/mol. The molecule has 188 valence electrons. The van der Waals surface area contributed by atoms with E-state index in [4.69, 9.17) is 0 Å². The predicted octanol–water partition coefficient (Wildman–Crippen LogP) is 6.32. The summed E-state index contributed by atoms with van der Waals surface area (Å²) in [5.41, 5.74) is -0.370. The van der Waals surface area contributed by atoms with Crippen LogP contribution in [0.3, 0.4) is 0 Å². The molecule has 0 bridgehead atoms. The van der Waals surface area contributed by atoms with Gasteiger partial charge in [0.2, 0.25) is 10.0 Å². The van der Waals surface area contributed by atoms with Crippen LogP contribution in [0.2, 0.25) is 0 Å². The fourth-order valence-corrected chi connectivity index (χ4v) is 7.04. The molecule has 8 heteroatoms. The maximum absolute atomic E-state index is 12.9. The van der Waals surface area contributed by atoms with Gasteiger partial charge in [0.15, 0.2) is 0 Å². The Morgan fingerprint density at radius 2 is 1.55 bits per heavy atom. The number of halogens is 3. The zero-order chi connectivity index (χ0) is 24.3. The Hall–Kier alpha value is -1.12. The van der Waals surface area contributed by atoms with Crippen LogP contribution in [0.5, 0.6) is 0 Å². The van der Waals surface area contributed by atoms with Gasteiger partial charge in [0, 0.05) is 18.6 Å². The van der Waals surface area contributed by atoms with Crippen LogP contribution in [0.4, 0.5) is 13.2 Å². The molecule has 0 aromatic heterocycles. The van der Waals surface area contributed by atoms with Crippen molar-refractivity contribution in [1.29, 1.82) is 0 Å². The molecule has 2 saturated carbocycles. The largest absolute Gasteiger partial charge is 0.416 e. The van der Waals surface area contributed by atoms with E-state index in [-0.39, 0.29) is 10.9 Å². The molecule has 1 aromatic carbocycles. The number of alkyl halides is 3. The molecule has 2 aliphatic carbocycles. The van der Waals surface area contributed by atoms with Gasteiger partial charge in [-0.2, -0.15) is 17.5 Å². The van der Waals surface area contributed by atoms with Gasteiger partial charge in [-0.15, -0.1) is 0 Å². The van der Waals surface area contributed by atoms with Crippen molar-refractivity contribution in [2.24, 2.45) is 5.92 Å². The van der Waals surface area contributed by atoms with Crippen LogP contribution in [-0.2, 0) is 16.2 Å². The molecule has 0 unspecified atom stereocenters. The summed E-state index contributed by atoms with van der Waals surface area (Å²) >= 11 is 0. The van der Waals surface area contributed by atoms with Crippen LogP contribution in [-0.4, -0.2) is 49.3 Å². The Morgan fingerprint density at radius 3 is 2.03 bits per heavy atom. The van der Waals surface area contributed by atoms with Crippen LogP contribution < -0.4 is 0 Å². The van der Waals surface area contributed by atoms with Gasteiger partial charge in [-0.25, -0.2) is 8.42 Å². The third kappa shape index (κ3) is 6.31. The van der Waals surface area contributed by atoms with E-state index in [0.29, 0.717) is 11.5 Å². The summed E-state index contributed by atoms with van der Waals surface area (Å²) in [6, 6.07) is 3.70. The van der Waals surface area contributed by atoms with E-state index in [1.807, 2.05) is 0 Å². The lowest BCUT2D eigenvalue weighted by Crippen LogP contribution is -2.39. The second-order valence-electron chi connectivity index (χ2n) is 9.86. The van der Waals surface area contributed by atoms with E-state index in [9.17, 15) is 21.6 Å². The maximum atomic E-state index is 12.9. The Kier molecular flexibility index (Phi) is 8.55. The number of hydrogen-bond donors (Lipinski definition) is 0. The molecule has 0 saturated heterocycles. The summed E-state index contributed by atoms with van der Waals surface area (Å²) in [6.45, 7) is 6.75. The van der Waals surface area contributed by atoms with Gasteiger partial charge < -0.3 is 0 Å². The SMILES string of the molecule is CCN(CC)C1(CCCCC2CCC(N(C)S(=O)(=O)c3ccc(C(F)(F)F)cc3)CC2)CC1. The molecular formula is C25H39F3N2O2S. The Balaban J connectivity index is 1.44. The first kappa shape index (κ1) is 26.5. The van der Waals surface area contributed by atoms with E-state index in [1.165, 1.54) is 42.8 Å². The lowest BCUT2D eigenvalue weighted by Gasteiger charge is -2.34. The fraction of sp³-hybridized carbons (Fsp3) is 0.760. The molecule has 0 atom stereocenters. The number of sulfonamides is 1. The van der Waals surface area contributed by atoms with E-state index in [0.717, 1.165) is 63.0 Å². The first-order valence-electron chi connectivity index (χ1n) is 12.4. The van der Waals surface area contributed by atoms with Crippen LogP contribution in [0.15, 0.2) is 29.2 Å². The fourth-order valence-electron chi connectivity index (χ4n) is 5.63. The van der Waals surface area contributed by atoms with Gasteiger partial charge in [0.1, 0.15) is 0 Å². The molecule has 33 heavy (non-hydrogen) atoms. The maximum Gasteiger partial charge on any atom is 0.416 e. The number of benzene rings is 1. The van der Waals surface area contributed by atoms with Crippen molar-refractivity contribution in [3.63, 3.8) is 0 Å². The van der Waals surface area contributed by atoms with Gasteiger partial charge in [0.05, 0.1) is 10.5 Å². The second kappa shape index (κ2) is 10.6. The summed E-state index contributed by atoms with van der Waals surface area (Å²) in [5.74, 6) is 0.645. The highest BCUT2D eigenvalue weighted by Gasteiger charge is 2.45. The van der Waals surface area contributed by atoms with Crippen LogP contribution >= 0.6 is 0 Å². The summed E-state index contributed by atoms with van der Waals surface area (Å²) in [7, 11) is -2.24. The lowest BCUT2D eigenvalue weighted by molar-refractivity contribution is -0.137. The molecule has 2 aliphatic rings. The highest BCUT2D eigenvalue weighted by atomic mass is 32.2. The molecule has 0 spiro atoms. The molecular weight excluding hydrogens is 449 g/mol. The van der Waals surface area contributed by atoms with E-state index < -0.39 is 21.8 Å². The normalized spacial score (nSPS) is 23.3. The molecule has 4 nitrogen and oxygen atoms in total. The summed E-state index contributed by atoms with van der Waals surface area (Å²) < 4.78 is 65.6. The molecule has 3 rings (SSSR count). The lowest BCUT2D eigenvalue weighted by atomic mass is 9.83. The summed E-state index contributed by atoms with van der Waals surface area (Å²) in [5, 5.41) is 0. The second-order valence-corrected chi connectivity index (χ2v) is 11.9. The molecule has 0 N–H and O–H groups in total. The minimum atomic E-state index is -4.47. The number of nitrogens with zero attached hydrogens (tertiary/aromatic N) is 2. The first-order valence-corrected chi connectivity index (χ1v) is 13.9. The van der Waals surface area contributed by atoms with E-state index in [1.54, 1.807) is 7.05 Å². The standard InChI is InChI=1S/C25H39F3N2O2S/c1-4-30(5-2)24(18-19-24)17-7-6-8-20-9-13-22(14-10-20)29(3)33(31,32)23-15-11-21(12-16-23)25(26,27)28/h11-12,15-16,20,22H,4-10,13-14,17-19H2,1-3H3. The average molecular weight is 489 g/mol. The predicted molar refractivity (Wildman–Crippen MR) is 125 cm³/mol. The topological polar surface area (TPSA) is 40.6 Å². The van der Waals surface area contributed by atoms with Crippen LogP contribution in [0.1, 0.15) is 83.6 Å². The van der Waals surface area contributed by atoms with Gasteiger partial charge in [0.25, 0.3) is 0 Å². The zero-order valence-electron chi connectivity index (χ0n) is 20.2. The Morgan fingerprint density at radius 1 is 0.970 bits per heavy atom. The number of unbranched alkanes of at least 4 members (excludes halogenated alkanes) is 1. The van der Waals surface area contributed by atoms with E-state index in [2.05, 4.69) is 18.7 Å². The number of hydrogen-bond acceptors (Lipinski definition) is 3. The number of rotatable bonds is 11. The third-order valence-corrected chi connectivity index (χ3v) is 9.88. The third-order valence-electron chi connectivity index (χ3n) is 7.96. The summed E-state index contributed by atoms with van der Waals surface area (Å²) in [6.07, 6.45) is 6.83. The molecule has 0 aliphatic heterocycles. The van der Waals surface area contributed by atoms with Crippen molar-refractivity contribution in [1.82, 2.24) is 9.21 Å². The van der Waals surface area contributed by atoms with E-state index >= 15 is 0 Å². The minimum Gasteiger partial charge on any atom is -0.298 e. The van der Waals surface area contributed by atoms with Gasteiger partial charge in [-0.3, -0.25) is 4.90 Å².